The predicted octanol–water partition coefficient (Wildman–Crippen LogP) is 3.08. The summed E-state index contributed by atoms with van der Waals surface area (Å²) in [4.78, 5) is 26.2. The molecule has 1 N–H and O–H groups in total. The highest BCUT2D eigenvalue weighted by atomic mass is 16.6. The Morgan fingerprint density at radius 3 is 2.55 bits per heavy atom. The number of unbranched alkanes of at least 4 members (excludes halogenated alkanes) is 4. The Morgan fingerprint density at radius 1 is 1.10 bits per heavy atom. The molecule has 162 valence electrons. The average molecular weight is 407 g/mol. The number of nitrogens with one attached hydrogen (secondary N) is 1. The Hall–Kier alpha value is -2.28. The topological polar surface area (TPSA) is 77.1 Å². The lowest BCUT2D eigenvalue weighted by Gasteiger charge is -2.23. The zero-order valence-electron chi connectivity index (χ0n) is 17.9. The fourth-order valence-electron chi connectivity index (χ4n) is 3.13. The van der Waals surface area contributed by atoms with Crippen molar-refractivity contribution in [3.8, 4) is 11.5 Å². The summed E-state index contributed by atoms with van der Waals surface area (Å²) in [6.07, 6.45) is 5.39. The van der Waals surface area contributed by atoms with Crippen LogP contribution >= 0.6 is 0 Å². The molecule has 1 heterocycles. The molecule has 0 aliphatic carbocycles. The summed E-state index contributed by atoms with van der Waals surface area (Å²) in [6.45, 7) is 3.57. The van der Waals surface area contributed by atoms with E-state index in [1.54, 1.807) is 19.0 Å². The van der Waals surface area contributed by atoms with Gasteiger partial charge in [0.2, 0.25) is 5.91 Å². The van der Waals surface area contributed by atoms with E-state index in [1.807, 2.05) is 18.2 Å². The van der Waals surface area contributed by atoms with E-state index in [-0.39, 0.29) is 25.0 Å². The molecule has 0 bridgehead atoms. The molecule has 29 heavy (non-hydrogen) atoms. The number of fused-ring (bicyclic) bond motifs is 1. The summed E-state index contributed by atoms with van der Waals surface area (Å²) in [7, 11) is 3.61. The third kappa shape index (κ3) is 8.31. The van der Waals surface area contributed by atoms with Crippen LogP contribution in [0.1, 0.15) is 57.1 Å². The van der Waals surface area contributed by atoms with Gasteiger partial charge in [-0.05, 0) is 38.2 Å². The van der Waals surface area contributed by atoms with Gasteiger partial charge in [0.25, 0.3) is 0 Å². The number of hydrogen-bond acceptors (Lipinski definition) is 6. The van der Waals surface area contributed by atoms with E-state index in [4.69, 9.17) is 14.2 Å². The minimum Gasteiger partial charge on any atom is -0.486 e. The molecule has 7 nitrogen and oxygen atoms in total. The first-order chi connectivity index (χ1) is 14.0. The second-order valence-corrected chi connectivity index (χ2v) is 7.59. The van der Waals surface area contributed by atoms with Gasteiger partial charge in [0.15, 0.2) is 11.5 Å². The van der Waals surface area contributed by atoms with E-state index in [0.29, 0.717) is 31.1 Å². The van der Waals surface area contributed by atoms with Crippen molar-refractivity contribution in [2.24, 2.45) is 0 Å². The third-order valence-electron chi connectivity index (χ3n) is 4.65. The maximum atomic E-state index is 12.2. The van der Waals surface area contributed by atoms with Gasteiger partial charge in [0.05, 0.1) is 13.1 Å². The standard InChI is InChI=1S/C22H34N2O5/c1-4-5-6-7-8-9-21(25)23-15-20(29-22(26)16-24(2)3)17-10-11-18-19(14-17)28-13-12-27-18/h10-11,14,20H,4-9,12-13,15-16H2,1-3H3,(H,23,25). The lowest BCUT2D eigenvalue weighted by atomic mass is 10.1. The van der Waals surface area contributed by atoms with E-state index in [9.17, 15) is 9.59 Å². The Bertz CT molecular complexity index is 663. The number of likely N-dealkylation sites (N-methyl/N-ethyl adjacent to an activating group) is 1. The smallest absolute Gasteiger partial charge is 0.320 e. The number of amides is 1. The van der Waals surface area contributed by atoms with Gasteiger partial charge in [-0.25, -0.2) is 0 Å². The lowest BCUT2D eigenvalue weighted by Crippen LogP contribution is -2.32. The second kappa shape index (κ2) is 12.3. The summed E-state index contributed by atoms with van der Waals surface area (Å²) in [5.41, 5.74) is 0.768. The molecule has 0 fully saturated rings. The van der Waals surface area contributed by atoms with Crippen molar-refractivity contribution in [2.45, 2.75) is 51.6 Å². The molecule has 2 rings (SSSR count). The fraction of sp³-hybridized carbons (Fsp3) is 0.636. The van der Waals surface area contributed by atoms with Crippen LogP contribution < -0.4 is 14.8 Å². The molecule has 7 heteroatoms. The van der Waals surface area contributed by atoms with Crippen LogP contribution in [0.25, 0.3) is 0 Å². The first kappa shape index (κ1) is 23.0. The molecular formula is C22H34N2O5. The molecule has 0 radical (unpaired) electrons. The van der Waals surface area contributed by atoms with Gasteiger partial charge in [-0.1, -0.05) is 38.7 Å². The Balaban J connectivity index is 1.96. The van der Waals surface area contributed by atoms with Crippen molar-refractivity contribution in [1.29, 1.82) is 0 Å². The number of carbonyl (C=O) groups excluding carboxylic acids is 2. The normalized spacial score (nSPS) is 13.8. The molecule has 0 saturated heterocycles. The zero-order chi connectivity index (χ0) is 21.1. The summed E-state index contributed by atoms with van der Waals surface area (Å²) in [5.74, 6) is 0.940. The highest BCUT2D eigenvalue weighted by Gasteiger charge is 2.21. The second-order valence-electron chi connectivity index (χ2n) is 7.59. The minimum atomic E-state index is -0.581. The van der Waals surface area contributed by atoms with Gasteiger partial charge in [-0.2, -0.15) is 0 Å². The Labute approximate surface area is 173 Å². The number of benzene rings is 1. The van der Waals surface area contributed by atoms with Crippen molar-refractivity contribution in [1.82, 2.24) is 10.2 Å². The number of ether oxygens (including phenoxy) is 3. The number of nitrogens with zero attached hydrogens (tertiary/aromatic N) is 1. The first-order valence-electron chi connectivity index (χ1n) is 10.5. The largest absolute Gasteiger partial charge is 0.486 e. The van der Waals surface area contributed by atoms with Crippen molar-refractivity contribution in [2.75, 3.05) is 40.4 Å². The van der Waals surface area contributed by atoms with Crippen molar-refractivity contribution < 1.29 is 23.8 Å². The zero-order valence-corrected chi connectivity index (χ0v) is 17.9. The summed E-state index contributed by atoms with van der Waals surface area (Å²) >= 11 is 0. The number of esters is 1. The molecule has 1 aromatic rings. The molecule has 0 aromatic heterocycles. The Kier molecular flexibility index (Phi) is 9.77. The van der Waals surface area contributed by atoms with Crippen LogP contribution in [0.5, 0.6) is 11.5 Å². The maximum Gasteiger partial charge on any atom is 0.320 e. The first-order valence-corrected chi connectivity index (χ1v) is 10.5. The van der Waals surface area contributed by atoms with Crippen LogP contribution in [0.15, 0.2) is 18.2 Å². The minimum absolute atomic E-state index is 0.0206. The van der Waals surface area contributed by atoms with Gasteiger partial charge in [0.1, 0.15) is 19.3 Å². The molecule has 0 saturated carbocycles. The number of rotatable bonds is 12. The van der Waals surface area contributed by atoms with Crippen molar-refractivity contribution >= 4 is 11.9 Å². The molecule has 0 spiro atoms. The third-order valence-corrected chi connectivity index (χ3v) is 4.65. The predicted molar refractivity (Wildman–Crippen MR) is 111 cm³/mol. The summed E-state index contributed by atoms with van der Waals surface area (Å²) < 4.78 is 16.8. The summed E-state index contributed by atoms with van der Waals surface area (Å²) in [6, 6.07) is 5.48. The van der Waals surface area contributed by atoms with Crippen molar-refractivity contribution in [3.63, 3.8) is 0 Å². The summed E-state index contributed by atoms with van der Waals surface area (Å²) in [5, 5.41) is 2.91. The van der Waals surface area contributed by atoms with E-state index in [1.165, 1.54) is 12.8 Å². The van der Waals surface area contributed by atoms with Gasteiger partial charge in [-0.3, -0.25) is 14.5 Å². The van der Waals surface area contributed by atoms with Gasteiger partial charge >= 0.3 is 5.97 Å². The van der Waals surface area contributed by atoms with Gasteiger partial charge in [0, 0.05) is 6.42 Å². The van der Waals surface area contributed by atoms with Crippen molar-refractivity contribution in [3.05, 3.63) is 23.8 Å². The molecular weight excluding hydrogens is 372 g/mol. The lowest BCUT2D eigenvalue weighted by molar-refractivity contribution is -0.150. The Morgan fingerprint density at radius 2 is 1.83 bits per heavy atom. The number of hydrogen-bond donors (Lipinski definition) is 1. The molecule has 1 unspecified atom stereocenters. The molecule has 1 atom stereocenters. The van der Waals surface area contributed by atoms with Crippen LogP contribution in [-0.2, 0) is 14.3 Å². The van der Waals surface area contributed by atoms with E-state index < -0.39 is 6.10 Å². The SMILES string of the molecule is CCCCCCCC(=O)NCC(OC(=O)CN(C)C)c1ccc2c(c1)OCCO2. The fourth-order valence-corrected chi connectivity index (χ4v) is 3.13. The van der Waals surface area contributed by atoms with Gasteiger partial charge in [-0.15, -0.1) is 0 Å². The van der Waals surface area contributed by atoms with E-state index in [2.05, 4.69) is 12.2 Å². The average Bonchev–Trinajstić information content (AvgIpc) is 2.70. The van der Waals surface area contributed by atoms with Gasteiger partial charge < -0.3 is 19.5 Å². The van der Waals surface area contributed by atoms with E-state index in [0.717, 1.165) is 24.8 Å². The molecule has 1 aliphatic rings. The van der Waals surface area contributed by atoms with E-state index >= 15 is 0 Å². The monoisotopic (exact) mass is 406 g/mol. The molecule has 1 aliphatic heterocycles. The maximum absolute atomic E-state index is 12.2. The van der Waals surface area contributed by atoms with Crippen LogP contribution in [-0.4, -0.2) is 57.2 Å². The highest BCUT2D eigenvalue weighted by Crippen LogP contribution is 2.33. The molecule has 1 aromatic carbocycles. The van der Waals surface area contributed by atoms with Crippen LogP contribution in [0.3, 0.4) is 0 Å². The van der Waals surface area contributed by atoms with Crippen LogP contribution in [0.2, 0.25) is 0 Å². The van der Waals surface area contributed by atoms with Crippen LogP contribution in [0, 0.1) is 0 Å². The quantitative estimate of drug-likeness (QED) is 0.425. The molecule has 1 amide bonds. The number of carbonyl (C=O) groups is 2. The van der Waals surface area contributed by atoms with Crippen LogP contribution in [0.4, 0.5) is 0 Å². The highest BCUT2D eigenvalue weighted by molar-refractivity contribution is 5.76.